The van der Waals surface area contributed by atoms with Crippen LogP contribution in [0.15, 0.2) is 24.3 Å². The Morgan fingerprint density at radius 1 is 0.938 bits per heavy atom. The molecule has 0 fully saturated rings. The van der Waals surface area contributed by atoms with Crippen molar-refractivity contribution in [1.82, 2.24) is 9.97 Å². The van der Waals surface area contributed by atoms with Crippen LogP contribution in [0.2, 0.25) is 10.2 Å². The van der Waals surface area contributed by atoms with E-state index in [0.717, 1.165) is 5.56 Å². The minimum Gasteiger partial charge on any atom is -0.394 e. The zero-order valence-electron chi connectivity index (χ0n) is 8.11. The molecule has 1 aromatic heterocycles. The number of nitrogens with two attached hydrogens (primary N) is 2. The molecule has 16 heavy (non-hydrogen) atoms. The first-order valence-corrected chi connectivity index (χ1v) is 5.18. The maximum absolute atomic E-state index is 5.82. The lowest BCUT2D eigenvalue weighted by Crippen LogP contribution is -2.02. The zero-order valence-corrected chi connectivity index (χ0v) is 9.63. The highest BCUT2D eigenvalue weighted by Gasteiger charge is 2.10. The van der Waals surface area contributed by atoms with Gasteiger partial charge in [-0.2, -0.15) is 4.98 Å². The lowest BCUT2D eigenvalue weighted by Gasteiger charge is -2.06. The second-order valence-electron chi connectivity index (χ2n) is 3.14. The molecule has 2 rings (SSSR count). The van der Waals surface area contributed by atoms with E-state index in [1.54, 1.807) is 24.3 Å². The normalized spacial score (nSPS) is 10.4. The maximum Gasteiger partial charge on any atom is 0.222 e. The molecule has 0 saturated heterocycles. The molecule has 0 aliphatic heterocycles. The third kappa shape index (κ3) is 2.03. The molecule has 0 spiro atoms. The Bertz CT molecular complexity index is 525. The molecular weight excluding hydrogens is 247 g/mol. The van der Waals surface area contributed by atoms with Crippen molar-refractivity contribution in [3.05, 3.63) is 34.4 Å². The Hall–Kier alpha value is -1.52. The van der Waals surface area contributed by atoms with Crippen LogP contribution >= 0.6 is 23.2 Å². The second kappa shape index (κ2) is 4.15. The smallest absolute Gasteiger partial charge is 0.222 e. The van der Waals surface area contributed by atoms with E-state index in [-0.39, 0.29) is 11.1 Å². The van der Waals surface area contributed by atoms with E-state index in [1.807, 2.05) is 0 Å². The molecule has 4 nitrogen and oxygen atoms in total. The molecule has 0 amide bonds. The largest absolute Gasteiger partial charge is 0.394 e. The number of rotatable bonds is 1. The fraction of sp³-hybridized carbons (Fsp3) is 0. The van der Waals surface area contributed by atoms with Crippen molar-refractivity contribution < 1.29 is 0 Å². The molecule has 4 N–H and O–H groups in total. The van der Waals surface area contributed by atoms with Crippen LogP contribution in [0.5, 0.6) is 0 Å². The number of halogens is 2. The quantitative estimate of drug-likeness (QED) is 0.768. The van der Waals surface area contributed by atoms with Crippen LogP contribution in [0.4, 0.5) is 11.6 Å². The molecule has 0 radical (unpaired) electrons. The predicted molar refractivity (Wildman–Crippen MR) is 66.3 cm³/mol. The number of benzene rings is 1. The van der Waals surface area contributed by atoms with E-state index in [2.05, 4.69) is 9.97 Å². The van der Waals surface area contributed by atoms with Crippen molar-refractivity contribution >= 4 is 34.8 Å². The summed E-state index contributed by atoms with van der Waals surface area (Å²) >= 11 is 11.6. The van der Waals surface area contributed by atoms with Gasteiger partial charge in [-0.25, -0.2) is 4.98 Å². The van der Waals surface area contributed by atoms with E-state index >= 15 is 0 Å². The summed E-state index contributed by atoms with van der Waals surface area (Å²) < 4.78 is 0. The van der Waals surface area contributed by atoms with Crippen LogP contribution in [0.3, 0.4) is 0 Å². The molecular formula is C10H8Cl2N4. The summed E-state index contributed by atoms with van der Waals surface area (Å²) in [4.78, 5) is 7.81. The average Bonchev–Trinajstić information content (AvgIpc) is 2.25. The van der Waals surface area contributed by atoms with Gasteiger partial charge in [0.25, 0.3) is 0 Å². The first kappa shape index (κ1) is 11.0. The fourth-order valence-electron chi connectivity index (χ4n) is 1.29. The van der Waals surface area contributed by atoms with Gasteiger partial charge in [0.1, 0.15) is 5.69 Å². The molecule has 6 heteroatoms. The number of hydrogen-bond acceptors (Lipinski definition) is 4. The van der Waals surface area contributed by atoms with E-state index in [1.165, 1.54) is 0 Å². The van der Waals surface area contributed by atoms with Crippen LogP contribution in [-0.2, 0) is 0 Å². The summed E-state index contributed by atoms with van der Waals surface area (Å²) in [6.07, 6.45) is 0. The molecule has 82 valence electrons. The number of nitrogens with zero attached hydrogens (tertiary/aromatic N) is 2. The SMILES string of the molecule is Nc1nc(Cl)c(N)c(-c2ccc(Cl)cc2)n1. The molecule has 0 atom stereocenters. The van der Waals surface area contributed by atoms with Gasteiger partial charge in [0.2, 0.25) is 5.95 Å². The predicted octanol–water partition coefficient (Wildman–Crippen LogP) is 2.61. The zero-order chi connectivity index (χ0) is 11.7. The number of anilines is 2. The van der Waals surface area contributed by atoms with E-state index in [0.29, 0.717) is 16.4 Å². The van der Waals surface area contributed by atoms with Gasteiger partial charge in [-0.15, -0.1) is 0 Å². The van der Waals surface area contributed by atoms with Crippen molar-refractivity contribution in [2.45, 2.75) is 0 Å². The van der Waals surface area contributed by atoms with Crippen molar-refractivity contribution in [3.63, 3.8) is 0 Å². The first-order valence-electron chi connectivity index (χ1n) is 4.42. The van der Waals surface area contributed by atoms with Crippen molar-refractivity contribution in [1.29, 1.82) is 0 Å². The molecule has 0 unspecified atom stereocenters. The lowest BCUT2D eigenvalue weighted by molar-refractivity contribution is 1.19. The van der Waals surface area contributed by atoms with E-state index in [9.17, 15) is 0 Å². The Morgan fingerprint density at radius 2 is 1.56 bits per heavy atom. The number of hydrogen-bond donors (Lipinski definition) is 2. The number of nitrogen functional groups attached to an aromatic ring is 2. The standard InChI is InChI=1S/C10H8Cl2N4/c11-6-3-1-5(2-4-6)8-7(13)9(12)16-10(14)15-8/h1-4H,13H2,(H2,14,15,16). The van der Waals surface area contributed by atoms with Gasteiger partial charge in [-0.3, -0.25) is 0 Å². The van der Waals surface area contributed by atoms with Gasteiger partial charge < -0.3 is 11.5 Å². The lowest BCUT2D eigenvalue weighted by atomic mass is 10.1. The topological polar surface area (TPSA) is 77.8 Å². The van der Waals surface area contributed by atoms with Gasteiger partial charge in [0, 0.05) is 10.6 Å². The van der Waals surface area contributed by atoms with Gasteiger partial charge in [-0.1, -0.05) is 35.3 Å². The molecule has 0 saturated carbocycles. The summed E-state index contributed by atoms with van der Waals surface area (Å²) in [5.41, 5.74) is 12.9. The maximum atomic E-state index is 5.82. The van der Waals surface area contributed by atoms with Crippen LogP contribution in [0, 0.1) is 0 Å². The first-order chi connectivity index (χ1) is 7.58. The summed E-state index contributed by atoms with van der Waals surface area (Å²) in [5, 5.41) is 0.785. The molecule has 0 aliphatic carbocycles. The Kier molecular flexibility index (Phi) is 2.85. The van der Waals surface area contributed by atoms with E-state index < -0.39 is 0 Å². The molecule has 0 aliphatic rings. The molecule has 0 bridgehead atoms. The van der Waals surface area contributed by atoms with E-state index in [4.69, 9.17) is 34.7 Å². The summed E-state index contributed by atoms with van der Waals surface area (Å²) in [5.74, 6) is 0.0872. The highest BCUT2D eigenvalue weighted by Crippen LogP contribution is 2.29. The van der Waals surface area contributed by atoms with Gasteiger partial charge in [0.05, 0.1) is 5.69 Å². The minimum atomic E-state index is 0.0872. The highest BCUT2D eigenvalue weighted by molar-refractivity contribution is 6.32. The van der Waals surface area contributed by atoms with Crippen molar-refractivity contribution in [2.75, 3.05) is 11.5 Å². The molecule has 2 aromatic rings. The second-order valence-corrected chi connectivity index (χ2v) is 3.94. The summed E-state index contributed by atoms with van der Waals surface area (Å²) in [7, 11) is 0. The molecule has 1 aromatic carbocycles. The van der Waals surface area contributed by atoms with Crippen molar-refractivity contribution in [2.24, 2.45) is 0 Å². The molecule has 1 heterocycles. The van der Waals surface area contributed by atoms with Gasteiger partial charge in [0.15, 0.2) is 5.15 Å². The average molecular weight is 255 g/mol. The summed E-state index contributed by atoms with van der Waals surface area (Å²) in [6.45, 7) is 0. The van der Waals surface area contributed by atoms with Crippen molar-refractivity contribution in [3.8, 4) is 11.3 Å². The third-order valence-electron chi connectivity index (χ3n) is 2.03. The van der Waals surface area contributed by atoms with Gasteiger partial charge >= 0.3 is 0 Å². The Balaban J connectivity index is 2.59. The van der Waals surface area contributed by atoms with Crippen LogP contribution in [0.25, 0.3) is 11.3 Å². The van der Waals surface area contributed by atoms with Crippen LogP contribution in [-0.4, -0.2) is 9.97 Å². The highest BCUT2D eigenvalue weighted by atomic mass is 35.5. The summed E-state index contributed by atoms with van der Waals surface area (Å²) in [6, 6.07) is 7.05. The van der Waals surface area contributed by atoms with Crippen LogP contribution < -0.4 is 11.5 Å². The monoisotopic (exact) mass is 254 g/mol. The van der Waals surface area contributed by atoms with Crippen LogP contribution in [0.1, 0.15) is 0 Å². The fourth-order valence-corrected chi connectivity index (χ4v) is 1.59. The Morgan fingerprint density at radius 3 is 2.19 bits per heavy atom. The Labute approximate surface area is 102 Å². The van der Waals surface area contributed by atoms with Gasteiger partial charge in [-0.05, 0) is 12.1 Å². The number of aromatic nitrogens is 2. The minimum absolute atomic E-state index is 0.0872. The third-order valence-corrected chi connectivity index (χ3v) is 2.57.